The number of aliphatic imine (C=N–C) groups is 1. The first-order chi connectivity index (χ1) is 11.6. The number of aromatic nitrogens is 2. The van der Waals surface area contributed by atoms with Crippen molar-refractivity contribution in [1.82, 2.24) is 20.6 Å². The molecule has 0 spiro atoms. The van der Waals surface area contributed by atoms with E-state index in [1.807, 2.05) is 31.4 Å². The minimum Gasteiger partial charge on any atom is -0.357 e. The second-order valence-electron chi connectivity index (χ2n) is 5.69. The van der Waals surface area contributed by atoms with Crippen molar-refractivity contribution in [3.05, 3.63) is 40.7 Å². The third kappa shape index (κ3) is 7.15. The summed E-state index contributed by atoms with van der Waals surface area (Å²) in [6, 6.07) is 2.07. The van der Waals surface area contributed by atoms with Crippen LogP contribution in [0.25, 0.3) is 0 Å². The molecule has 0 fully saturated rings. The molecule has 0 aromatic carbocycles. The van der Waals surface area contributed by atoms with Gasteiger partial charge in [-0.25, -0.2) is 9.98 Å². The molecule has 2 rings (SSSR count). The average molecular weight is 474 g/mol. The molecule has 0 aliphatic carbocycles. The molecule has 0 atom stereocenters. The highest BCUT2D eigenvalue weighted by molar-refractivity contribution is 14.0. The summed E-state index contributed by atoms with van der Waals surface area (Å²) in [7, 11) is 4.00. The fourth-order valence-corrected chi connectivity index (χ4v) is 2.92. The third-order valence-electron chi connectivity index (χ3n) is 3.49. The van der Waals surface area contributed by atoms with E-state index < -0.39 is 0 Å². The summed E-state index contributed by atoms with van der Waals surface area (Å²) in [4.78, 5) is 15.3. The van der Waals surface area contributed by atoms with Crippen LogP contribution in [0.4, 0.5) is 5.13 Å². The van der Waals surface area contributed by atoms with Crippen molar-refractivity contribution in [1.29, 1.82) is 0 Å². The molecule has 2 aromatic heterocycles. The van der Waals surface area contributed by atoms with Crippen LogP contribution in [-0.2, 0) is 13.0 Å². The van der Waals surface area contributed by atoms with Crippen LogP contribution in [-0.4, -0.2) is 43.1 Å². The molecule has 0 aliphatic rings. The molecule has 0 bridgehead atoms. The van der Waals surface area contributed by atoms with Crippen molar-refractivity contribution in [2.45, 2.75) is 26.8 Å². The topological polar surface area (TPSA) is 65.4 Å². The van der Waals surface area contributed by atoms with Gasteiger partial charge in [-0.3, -0.25) is 4.98 Å². The van der Waals surface area contributed by atoms with E-state index in [9.17, 15) is 0 Å². The van der Waals surface area contributed by atoms with Crippen LogP contribution in [0, 0.1) is 6.92 Å². The molecule has 2 aromatic rings. The first-order valence-corrected chi connectivity index (χ1v) is 9.01. The number of nitrogens with one attached hydrogen (secondary N) is 2. The number of rotatable bonds is 7. The van der Waals surface area contributed by atoms with Gasteiger partial charge in [-0.1, -0.05) is 0 Å². The Bertz CT molecular complexity index is 671. The van der Waals surface area contributed by atoms with Gasteiger partial charge in [-0.2, -0.15) is 0 Å². The third-order valence-corrected chi connectivity index (χ3v) is 4.55. The predicted molar refractivity (Wildman–Crippen MR) is 117 cm³/mol. The highest BCUT2D eigenvalue weighted by Gasteiger charge is 2.04. The highest BCUT2D eigenvalue weighted by atomic mass is 127. The molecule has 0 saturated heterocycles. The van der Waals surface area contributed by atoms with Crippen LogP contribution in [0.3, 0.4) is 0 Å². The number of guanidine groups is 1. The number of hydrogen-bond acceptors (Lipinski definition) is 5. The quantitative estimate of drug-likeness (QED) is 0.367. The molecule has 2 heterocycles. The summed E-state index contributed by atoms with van der Waals surface area (Å²) < 4.78 is 0. The van der Waals surface area contributed by atoms with Crippen molar-refractivity contribution in [3.63, 3.8) is 0 Å². The molecule has 2 N–H and O–H groups in total. The Morgan fingerprint density at radius 2 is 2.12 bits per heavy atom. The minimum atomic E-state index is 0. The lowest BCUT2D eigenvalue weighted by atomic mass is 10.1. The average Bonchev–Trinajstić information content (AvgIpc) is 3.03. The molecule has 0 unspecified atom stereocenters. The maximum atomic E-state index is 4.62. The Labute approximate surface area is 171 Å². The van der Waals surface area contributed by atoms with E-state index in [1.165, 1.54) is 11.1 Å². The van der Waals surface area contributed by atoms with Crippen molar-refractivity contribution in [2.75, 3.05) is 32.1 Å². The molecular formula is C17H27IN6S. The SMILES string of the molecule is CCNC(=NCc1csc(N(C)C)n1)NCCc1ccncc1C.I. The second-order valence-corrected chi connectivity index (χ2v) is 6.53. The van der Waals surface area contributed by atoms with Gasteiger partial charge in [0.1, 0.15) is 0 Å². The van der Waals surface area contributed by atoms with Gasteiger partial charge in [0, 0.05) is 45.0 Å². The van der Waals surface area contributed by atoms with E-state index in [-0.39, 0.29) is 24.0 Å². The number of thiazole rings is 1. The zero-order chi connectivity index (χ0) is 17.4. The highest BCUT2D eigenvalue weighted by Crippen LogP contribution is 2.18. The lowest BCUT2D eigenvalue weighted by Gasteiger charge is -2.11. The Balaban J connectivity index is 0.00000312. The number of halogens is 1. The van der Waals surface area contributed by atoms with E-state index in [4.69, 9.17) is 0 Å². The van der Waals surface area contributed by atoms with Gasteiger partial charge in [-0.15, -0.1) is 35.3 Å². The van der Waals surface area contributed by atoms with E-state index in [2.05, 4.69) is 50.9 Å². The van der Waals surface area contributed by atoms with E-state index in [0.29, 0.717) is 6.54 Å². The van der Waals surface area contributed by atoms with Crippen LogP contribution in [0.1, 0.15) is 23.7 Å². The first kappa shape index (κ1) is 21.6. The van der Waals surface area contributed by atoms with Crippen molar-refractivity contribution < 1.29 is 0 Å². The zero-order valence-electron chi connectivity index (χ0n) is 15.2. The first-order valence-electron chi connectivity index (χ1n) is 8.13. The molecule has 8 heteroatoms. The molecule has 6 nitrogen and oxygen atoms in total. The fraction of sp³-hybridized carbons (Fsp3) is 0.471. The fourth-order valence-electron chi connectivity index (χ4n) is 2.17. The predicted octanol–water partition coefficient (Wildman–Crippen LogP) is 2.83. The van der Waals surface area contributed by atoms with E-state index >= 15 is 0 Å². The van der Waals surface area contributed by atoms with Gasteiger partial charge in [-0.05, 0) is 37.5 Å². The number of pyridine rings is 1. The number of aryl methyl sites for hydroxylation is 1. The monoisotopic (exact) mass is 474 g/mol. The van der Waals surface area contributed by atoms with E-state index in [0.717, 1.165) is 36.3 Å². The lowest BCUT2D eigenvalue weighted by Crippen LogP contribution is -2.38. The summed E-state index contributed by atoms with van der Waals surface area (Å²) in [6.45, 7) is 6.40. The molecule has 25 heavy (non-hydrogen) atoms. The summed E-state index contributed by atoms with van der Waals surface area (Å²) in [5.74, 6) is 0.823. The summed E-state index contributed by atoms with van der Waals surface area (Å²) >= 11 is 1.64. The van der Waals surface area contributed by atoms with Gasteiger partial charge < -0.3 is 15.5 Å². The molecule has 0 saturated carbocycles. The van der Waals surface area contributed by atoms with Crippen molar-refractivity contribution >= 4 is 46.4 Å². The normalized spacial score (nSPS) is 11.0. The standard InChI is InChI=1S/C17H26N6S.HI/c1-5-19-16(20-9-7-14-6-8-18-10-13(14)2)21-11-15-12-24-17(22-15)23(3)4;/h6,8,10,12H,5,7,9,11H2,1-4H3,(H2,19,20,21);1H. The molecule has 0 aliphatic heterocycles. The molecular weight excluding hydrogens is 447 g/mol. The summed E-state index contributed by atoms with van der Waals surface area (Å²) in [6.07, 6.45) is 4.69. The van der Waals surface area contributed by atoms with Crippen LogP contribution in [0.2, 0.25) is 0 Å². The van der Waals surface area contributed by atoms with Crippen LogP contribution >= 0.6 is 35.3 Å². The number of hydrogen-bond donors (Lipinski definition) is 2. The number of nitrogens with zero attached hydrogens (tertiary/aromatic N) is 4. The van der Waals surface area contributed by atoms with Gasteiger partial charge >= 0.3 is 0 Å². The molecule has 0 amide bonds. The molecule has 0 radical (unpaired) electrons. The van der Waals surface area contributed by atoms with Gasteiger partial charge in [0.15, 0.2) is 11.1 Å². The Kier molecular flexibility index (Phi) is 9.73. The second kappa shape index (κ2) is 11.2. The van der Waals surface area contributed by atoms with Gasteiger partial charge in [0.05, 0.1) is 12.2 Å². The van der Waals surface area contributed by atoms with E-state index in [1.54, 1.807) is 11.3 Å². The largest absolute Gasteiger partial charge is 0.357 e. The summed E-state index contributed by atoms with van der Waals surface area (Å²) in [5.41, 5.74) is 3.52. The van der Waals surface area contributed by atoms with Crippen LogP contribution in [0.15, 0.2) is 28.8 Å². The van der Waals surface area contributed by atoms with Crippen LogP contribution in [0.5, 0.6) is 0 Å². The Morgan fingerprint density at radius 1 is 1.32 bits per heavy atom. The van der Waals surface area contributed by atoms with Crippen LogP contribution < -0.4 is 15.5 Å². The van der Waals surface area contributed by atoms with Crippen molar-refractivity contribution in [3.8, 4) is 0 Å². The van der Waals surface area contributed by atoms with Gasteiger partial charge in [0.2, 0.25) is 0 Å². The maximum Gasteiger partial charge on any atom is 0.191 e. The maximum absolute atomic E-state index is 4.62. The zero-order valence-corrected chi connectivity index (χ0v) is 18.4. The smallest absolute Gasteiger partial charge is 0.191 e. The van der Waals surface area contributed by atoms with Crippen molar-refractivity contribution in [2.24, 2.45) is 4.99 Å². The molecule has 138 valence electrons. The Hall–Kier alpha value is -1.42. The van der Waals surface area contributed by atoms with Gasteiger partial charge in [0.25, 0.3) is 0 Å². The summed E-state index contributed by atoms with van der Waals surface area (Å²) in [5, 5.41) is 9.72. The lowest BCUT2D eigenvalue weighted by molar-refractivity contribution is 0.794. The minimum absolute atomic E-state index is 0. The number of anilines is 1. The Morgan fingerprint density at radius 3 is 2.76 bits per heavy atom.